The van der Waals surface area contributed by atoms with E-state index in [4.69, 9.17) is 16.4 Å². The van der Waals surface area contributed by atoms with Crippen LogP contribution in [0, 0.1) is 6.92 Å². The van der Waals surface area contributed by atoms with E-state index < -0.39 is 0 Å². The van der Waals surface area contributed by atoms with Gasteiger partial charge in [-0.05, 0) is 19.1 Å². The molecule has 8 heteroatoms. The van der Waals surface area contributed by atoms with Crippen molar-refractivity contribution in [2.75, 3.05) is 23.3 Å². The van der Waals surface area contributed by atoms with Gasteiger partial charge in [-0.3, -0.25) is 0 Å². The van der Waals surface area contributed by atoms with Gasteiger partial charge in [-0.1, -0.05) is 12.1 Å². The van der Waals surface area contributed by atoms with E-state index >= 15 is 0 Å². The number of hydrogen-bond donors (Lipinski definition) is 5. The number of anilines is 4. The van der Waals surface area contributed by atoms with Gasteiger partial charge in [0.15, 0.2) is 11.6 Å². The Hall–Kier alpha value is -2.58. The number of nitrogens with zero attached hydrogens (tertiary/aromatic N) is 2. The lowest BCUT2D eigenvalue weighted by atomic mass is 10.3. The zero-order chi connectivity index (χ0) is 14.5. The van der Waals surface area contributed by atoms with Crippen molar-refractivity contribution >= 4 is 23.3 Å². The van der Waals surface area contributed by atoms with Crippen LogP contribution < -0.4 is 32.6 Å². The number of rotatable bonds is 5. The van der Waals surface area contributed by atoms with Crippen LogP contribution in [0.3, 0.4) is 0 Å². The first-order valence-corrected chi connectivity index (χ1v) is 5.91. The molecular weight excluding hydrogens is 258 g/mol. The normalized spacial score (nSPS) is 10.0. The van der Waals surface area contributed by atoms with E-state index in [9.17, 15) is 0 Å². The van der Waals surface area contributed by atoms with Crippen LogP contribution in [0.1, 0.15) is 5.56 Å². The van der Waals surface area contributed by atoms with E-state index in [0.29, 0.717) is 23.3 Å². The van der Waals surface area contributed by atoms with E-state index in [1.807, 2.05) is 24.3 Å². The molecule has 0 spiro atoms. The minimum absolute atomic E-state index is 0.348. The predicted molar refractivity (Wildman–Crippen MR) is 78.7 cm³/mol. The molecule has 20 heavy (non-hydrogen) atoms. The highest BCUT2D eigenvalue weighted by molar-refractivity contribution is 5.66. The average molecular weight is 275 g/mol. The van der Waals surface area contributed by atoms with Crippen molar-refractivity contribution in [2.24, 2.45) is 11.7 Å². The fourth-order valence-corrected chi connectivity index (χ4v) is 1.72. The van der Waals surface area contributed by atoms with Crippen molar-refractivity contribution in [3.05, 3.63) is 29.8 Å². The SMILES string of the molecule is COc1ccccc1Nc1nc(NN)c(C)c(NN)n1. The second-order valence-electron chi connectivity index (χ2n) is 3.98. The summed E-state index contributed by atoms with van der Waals surface area (Å²) in [5, 5.41) is 3.06. The van der Waals surface area contributed by atoms with Gasteiger partial charge >= 0.3 is 0 Å². The number of hydrazine groups is 2. The molecule has 0 aliphatic carbocycles. The third kappa shape index (κ3) is 2.71. The van der Waals surface area contributed by atoms with Crippen LogP contribution in [0.2, 0.25) is 0 Å². The summed E-state index contributed by atoms with van der Waals surface area (Å²) in [4.78, 5) is 8.52. The van der Waals surface area contributed by atoms with Crippen LogP contribution in [0.15, 0.2) is 24.3 Å². The number of hydrogen-bond acceptors (Lipinski definition) is 8. The standard InChI is InChI=1S/C12H17N7O/c1-7-10(18-13)16-12(17-11(7)19-14)15-8-5-3-4-6-9(8)20-2/h3-6H,13-14H2,1-2H3,(H3,15,16,17,18,19). The third-order valence-corrected chi connectivity index (χ3v) is 2.77. The van der Waals surface area contributed by atoms with Gasteiger partial charge in [-0.25, -0.2) is 11.7 Å². The summed E-state index contributed by atoms with van der Waals surface area (Å²) in [6, 6.07) is 7.44. The molecule has 0 fully saturated rings. The Bertz CT molecular complexity index is 577. The molecule has 0 saturated heterocycles. The number of nitrogens with one attached hydrogen (secondary N) is 3. The molecule has 0 unspecified atom stereocenters. The molecule has 0 radical (unpaired) electrons. The van der Waals surface area contributed by atoms with Gasteiger partial charge < -0.3 is 20.9 Å². The lowest BCUT2D eigenvalue weighted by Gasteiger charge is -2.13. The fraction of sp³-hybridized carbons (Fsp3) is 0.167. The number of nitrogen functional groups attached to an aromatic ring is 2. The third-order valence-electron chi connectivity index (χ3n) is 2.77. The lowest BCUT2D eigenvalue weighted by Crippen LogP contribution is -2.17. The van der Waals surface area contributed by atoms with E-state index in [0.717, 1.165) is 11.3 Å². The molecular formula is C12H17N7O. The molecule has 0 aliphatic rings. The molecule has 0 atom stereocenters. The molecule has 2 rings (SSSR count). The van der Waals surface area contributed by atoms with Crippen molar-refractivity contribution in [3.63, 3.8) is 0 Å². The summed E-state index contributed by atoms with van der Waals surface area (Å²) in [6.45, 7) is 1.80. The van der Waals surface area contributed by atoms with E-state index in [2.05, 4.69) is 26.1 Å². The molecule has 8 nitrogen and oxygen atoms in total. The maximum absolute atomic E-state index is 5.43. The smallest absolute Gasteiger partial charge is 0.231 e. The molecule has 106 valence electrons. The van der Waals surface area contributed by atoms with Crippen LogP contribution in [-0.4, -0.2) is 17.1 Å². The Kier molecular flexibility index (Phi) is 4.18. The van der Waals surface area contributed by atoms with Gasteiger partial charge in [0.1, 0.15) is 5.75 Å². The highest BCUT2D eigenvalue weighted by Gasteiger charge is 2.11. The van der Waals surface area contributed by atoms with E-state index in [1.54, 1.807) is 14.0 Å². The molecule has 0 aliphatic heterocycles. The van der Waals surface area contributed by atoms with Crippen LogP contribution in [-0.2, 0) is 0 Å². The van der Waals surface area contributed by atoms with Gasteiger partial charge in [0.25, 0.3) is 0 Å². The monoisotopic (exact) mass is 275 g/mol. The Labute approximate surface area is 116 Å². The van der Waals surface area contributed by atoms with Crippen molar-refractivity contribution < 1.29 is 4.74 Å². The number of benzene rings is 1. The first kappa shape index (κ1) is 13.8. The Balaban J connectivity index is 2.38. The van der Waals surface area contributed by atoms with Crippen LogP contribution in [0.5, 0.6) is 5.75 Å². The quantitative estimate of drug-likeness (QED) is 0.406. The maximum atomic E-state index is 5.43. The number of methoxy groups -OCH3 is 1. The summed E-state index contributed by atoms with van der Waals surface area (Å²) in [5.74, 6) is 12.8. The van der Waals surface area contributed by atoms with Crippen molar-refractivity contribution in [1.29, 1.82) is 0 Å². The van der Waals surface area contributed by atoms with Gasteiger partial charge in [0, 0.05) is 5.56 Å². The van der Waals surface area contributed by atoms with Crippen molar-refractivity contribution in [3.8, 4) is 5.75 Å². The minimum atomic E-state index is 0.348. The highest BCUT2D eigenvalue weighted by Crippen LogP contribution is 2.27. The Morgan fingerprint density at radius 1 is 1.05 bits per heavy atom. The molecule has 7 N–H and O–H groups in total. The Morgan fingerprint density at radius 2 is 1.65 bits per heavy atom. The summed E-state index contributed by atoms with van der Waals surface area (Å²) in [6.07, 6.45) is 0. The van der Waals surface area contributed by atoms with Crippen LogP contribution in [0.4, 0.5) is 23.3 Å². The van der Waals surface area contributed by atoms with Crippen LogP contribution >= 0.6 is 0 Å². The van der Waals surface area contributed by atoms with E-state index in [-0.39, 0.29) is 0 Å². The highest BCUT2D eigenvalue weighted by atomic mass is 16.5. The molecule has 0 bridgehead atoms. The largest absolute Gasteiger partial charge is 0.495 e. The Morgan fingerprint density at radius 3 is 2.20 bits per heavy atom. The van der Waals surface area contributed by atoms with Gasteiger partial charge in [0.2, 0.25) is 5.95 Å². The van der Waals surface area contributed by atoms with Gasteiger partial charge in [-0.15, -0.1) is 0 Å². The van der Waals surface area contributed by atoms with Crippen molar-refractivity contribution in [1.82, 2.24) is 9.97 Å². The van der Waals surface area contributed by atoms with Gasteiger partial charge in [-0.2, -0.15) is 9.97 Å². The number of ether oxygens (including phenoxy) is 1. The molecule has 1 heterocycles. The number of aromatic nitrogens is 2. The molecule has 0 amide bonds. The number of nitrogens with two attached hydrogens (primary N) is 2. The second-order valence-corrected chi connectivity index (χ2v) is 3.98. The van der Waals surface area contributed by atoms with Crippen LogP contribution in [0.25, 0.3) is 0 Å². The predicted octanol–water partition coefficient (Wildman–Crippen LogP) is 1.11. The topological polar surface area (TPSA) is 123 Å². The molecule has 1 aromatic heterocycles. The minimum Gasteiger partial charge on any atom is -0.495 e. The van der Waals surface area contributed by atoms with Crippen molar-refractivity contribution in [2.45, 2.75) is 6.92 Å². The fourth-order valence-electron chi connectivity index (χ4n) is 1.72. The first-order chi connectivity index (χ1) is 9.69. The molecule has 2 aromatic rings. The summed E-state index contributed by atoms with van der Waals surface area (Å²) < 4.78 is 5.26. The zero-order valence-corrected chi connectivity index (χ0v) is 11.3. The summed E-state index contributed by atoms with van der Waals surface area (Å²) >= 11 is 0. The zero-order valence-electron chi connectivity index (χ0n) is 11.3. The van der Waals surface area contributed by atoms with Gasteiger partial charge in [0.05, 0.1) is 12.8 Å². The lowest BCUT2D eigenvalue weighted by molar-refractivity contribution is 0.417. The summed E-state index contributed by atoms with van der Waals surface area (Å²) in [7, 11) is 1.59. The van der Waals surface area contributed by atoms with E-state index in [1.165, 1.54) is 0 Å². The summed E-state index contributed by atoms with van der Waals surface area (Å²) in [5.41, 5.74) is 6.48. The first-order valence-electron chi connectivity index (χ1n) is 5.91. The second kappa shape index (κ2) is 6.04. The maximum Gasteiger partial charge on any atom is 0.231 e. The average Bonchev–Trinajstić information content (AvgIpc) is 2.49. The number of para-hydroxylation sites is 2. The molecule has 1 aromatic carbocycles. The molecule has 0 saturated carbocycles.